The van der Waals surface area contributed by atoms with E-state index in [1.54, 1.807) is 24.3 Å². The summed E-state index contributed by atoms with van der Waals surface area (Å²) in [6, 6.07) is 10.7. The second-order valence-electron chi connectivity index (χ2n) is 5.32. The lowest BCUT2D eigenvalue weighted by Gasteiger charge is -2.01. The molecule has 0 fully saturated rings. The van der Waals surface area contributed by atoms with Gasteiger partial charge in [0, 0.05) is 31.9 Å². The largest absolute Gasteiger partial charge is 0.233 e. The number of rotatable bonds is 3. The van der Waals surface area contributed by atoms with Crippen molar-refractivity contribution >= 4 is 69.1 Å². The van der Waals surface area contributed by atoms with Crippen LogP contribution in [-0.4, -0.2) is 9.97 Å². The fourth-order valence-corrected chi connectivity index (χ4v) is 5.09. The molecule has 4 rings (SSSR count). The average Bonchev–Trinajstić information content (AvgIpc) is 3.24. The van der Waals surface area contributed by atoms with Crippen LogP contribution in [0.1, 0.15) is 0 Å². The summed E-state index contributed by atoms with van der Waals surface area (Å²) in [5, 5.41) is 7.91. The maximum atomic E-state index is 6.28. The summed E-state index contributed by atoms with van der Waals surface area (Å²) in [5.74, 6) is 0. The minimum Gasteiger partial charge on any atom is -0.233 e. The molecule has 0 unspecified atom stereocenters. The van der Waals surface area contributed by atoms with Crippen molar-refractivity contribution in [2.45, 2.75) is 0 Å². The van der Waals surface area contributed by atoms with Crippen molar-refractivity contribution in [3.05, 3.63) is 67.2 Å². The van der Waals surface area contributed by atoms with Crippen LogP contribution in [0.4, 0.5) is 0 Å². The molecule has 8 heteroatoms. The SMILES string of the molecule is Clc1ccc(-c2csc(-c3nc(-c4ccc(Cl)cc4Cl)cs3)n2)c(Cl)c1. The Morgan fingerprint density at radius 1 is 0.615 bits per heavy atom. The molecule has 0 aliphatic rings. The number of thiazole rings is 2. The Bertz CT molecular complexity index is 1020. The first-order chi connectivity index (χ1) is 12.5. The summed E-state index contributed by atoms with van der Waals surface area (Å²) in [6.45, 7) is 0. The first kappa shape index (κ1) is 18.2. The van der Waals surface area contributed by atoms with Gasteiger partial charge in [-0.25, -0.2) is 9.97 Å². The molecule has 2 nitrogen and oxygen atoms in total. The van der Waals surface area contributed by atoms with Gasteiger partial charge >= 0.3 is 0 Å². The van der Waals surface area contributed by atoms with E-state index in [0.29, 0.717) is 20.1 Å². The minimum absolute atomic E-state index is 0.571. The molecule has 2 aromatic heterocycles. The predicted octanol–water partition coefficient (Wildman–Crippen LogP) is 8.21. The van der Waals surface area contributed by atoms with E-state index in [9.17, 15) is 0 Å². The Morgan fingerprint density at radius 3 is 1.42 bits per heavy atom. The van der Waals surface area contributed by atoms with Crippen molar-refractivity contribution < 1.29 is 0 Å². The standard InChI is InChI=1S/C18H8Cl4N2S2/c19-9-1-3-11(13(21)5-9)15-7-25-17(23-15)18-24-16(8-26-18)12-4-2-10(20)6-14(12)22/h1-8H. The van der Waals surface area contributed by atoms with E-state index in [0.717, 1.165) is 32.5 Å². The van der Waals surface area contributed by atoms with Crippen LogP contribution in [0.15, 0.2) is 47.2 Å². The van der Waals surface area contributed by atoms with E-state index < -0.39 is 0 Å². The maximum absolute atomic E-state index is 6.28. The second-order valence-corrected chi connectivity index (χ2v) is 8.73. The van der Waals surface area contributed by atoms with Crippen LogP contribution in [0.25, 0.3) is 32.5 Å². The van der Waals surface area contributed by atoms with Crippen LogP contribution < -0.4 is 0 Å². The third-order valence-electron chi connectivity index (χ3n) is 3.61. The number of aromatic nitrogens is 2. The molecule has 0 spiro atoms. The molecule has 0 N–H and O–H groups in total. The molecule has 130 valence electrons. The van der Waals surface area contributed by atoms with Gasteiger partial charge in [0.1, 0.15) is 0 Å². The van der Waals surface area contributed by atoms with E-state index in [4.69, 9.17) is 46.4 Å². The Labute approximate surface area is 178 Å². The Kier molecular flexibility index (Phi) is 5.24. The molecule has 26 heavy (non-hydrogen) atoms. The van der Waals surface area contributed by atoms with E-state index in [1.165, 1.54) is 22.7 Å². The molecule has 0 bridgehead atoms. The molecular weight excluding hydrogens is 450 g/mol. The van der Waals surface area contributed by atoms with Crippen molar-refractivity contribution in [3.8, 4) is 32.5 Å². The Morgan fingerprint density at radius 2 is 1.04 bits per heavy atom. The van der Waals surface area contributed by atoms with Crippen LogP contribution in [0, 0.1) is 0 Å². The zero-order chi connectivity index (χ0) is 18.3. The molecule has 0 saturated carbocycles. The van der Waals surface area contributed by atoms with Crippen LogP contribution in [0.3, 0.4) is 0 Å². The van der Waals surface area contributed by atoms with E-state index in [2.05, 4.69) is 9.97 Å². The minimum atomic E-state index is 0.571. The van der Waals surface area contributed by atoms with Crippen LogP contribution >= 0.6 is 69.1 Å². The number of benzene rings is 2. The topological polar surface area (TPSA) is 25.8 Å². The van der Waals surface area contributed by atoms with E-state index in [1.807, 2.05) is 22.9 Å². The van der Waals surface area contributed by atoms with Gasteiger partial charge in [0.25, 0.3) is 0 Å². The third-order valence-corrected chi connectivity index (χ3v) is 6.53. The maximum Gasteiger partial charge on any atom is 0.152 e. The van der Waals surface area contributed by atoms with Gasteiger partial charge in [0.2, 0.25) is 0 Å². The van der Waals surface area contributed by atoms with Crippen LogP contribution in [0.5, 0.6) is 0 Å². The van der Waals surface area contributed by atoms with Gasteiger partial charge in [0.05, 0.1) is 21.4 Å². The molecule has 0 saturated heterocycles. The summed E-state index contributed by atoms with van der Waals surface area (Å²) < 4.78 is 0. The van der Waals surface area contributed by atoms with Crippen molar-refractivity contribution in [2.75, 3.05) is 0 Å². The lowest BCUT2D eigenvalue weighted by atomic mass is 10.2. The normalized spacial score (nSPS) is 11.1. The Hall–Kier alpha value is -1.14. The number of nitrogens with zero attached hydrogens (tertiary/aromatic N) is 2. The smallest absolute Gasteiger partial charge is 0.152 e. The second kappa shape index (κ2) is 7.47. The van der Waals surface area contributed by atoms with Gasteiger partial charge in [-0.05, 0) is 36.4 Å². The summed E-state index contributed by atoms with van der Waals surface area (Å²) in [7, 11) is 0. The highest BCUT2D eigenvalue weighted by Crippen LogP contribution is 2.37. The Balaban J connectivity index is 1.67. The van der Waals surface area contributed by atoms with Gasteiger partial charge in [-0.1, -0.05) is 46.4 Å². The van der Waals surface area contributed by atoms with E-state index >= 15 is 0 Å². The molecule has 0 amide bonds. The molecule has 2 heterocycles. The summed E-state index contributed by atoms with van der Waals surface area (Å²) in [6.07, 6.45) is 0. The van der Waals surface area contributed by atoms with Crippen LogP contribution in [0.2, 0.25) is 20.1 Å². The fraction of sp³-hybridized carbons (Fsp3) is 0. The summed E-state index contributed by atoms with van der Waals surface area (Å²) in [4.78, 5) is 9.34. The lowest BCUT2D eigenvalue weighted by Crippen LogP contribution is -1.82. The average molecular weight is 458 g/mol. The molecular formula is C18H8Cl4N2S2. The van der Waals surface area contributed by atoms with Gasteiger partial charge in [-0.15, -0.1) is 22.7 Å². The first-order valence-electron chi connectivity index (χ1n) is 7.33. The highest BCUT2D eigenvalue weighted by atomic mass is 35.5. The molecule has 0 atom stereocenters. The number of hydrogen-bond acceptors (Lipinski definition) is 4. The zero-order valence-electron chi connectivity index (χ0n) is 12.8. The van der Waals surface area contributed by atoms with Gasteiger partial charge in [-0.3, -0.25) is 0 Å². The predicted molar refractivity (Wildman–Crippen MR) is 114 cm³/mol. The lowest BCUT2D eigenvalue weighted by molar-refractivity contribution is 1.35. The molecule has 0 radical (unpaired) electrons. The van der Waals surface area contributed by atoms with Gasteiger partial charge in [0.15, 0.2) is 10.0 Å². The quantitative estimate of drug-likeness (QED) is 0.309. The molecule has 2 aromatic carbocycles. The van der Waals surface area contributed by atoms with E-state index in [-0.39, 0.29) is 0 Å². The van der Waals surface area contributed by atoms with Crippen molar-refractivity contribution in [3.63, 3.8) is 0 Å². The van der Waals surface area contributed by atoms with Gasteiger partial charge < -0.3 is 0 Å². The molecule has 0 aliphatic heterocycles. The number of hydrogen-bond donors (Lipinski definition) is 0. The fourth-order valence-electron chi connectivity index (χ4n) is 2.39. The summed E-state index contributed by atoms with van der Waals surface area (Å²) >= 11 is 27.5. The van der Waals surface area contributed by atoms with Crippen molar-refractivity contribution in [1.82, 2.24) is 9.97 Å². The third kappa shape index (κ3) is 3.63. The zero-order valence-corrected chi connectivity index (χ0v) is 17.5. The molecule has 4 aromatic rings. The number of halogens is 4. The van der Waals surface area contributed by atoms with Crippen molar-refractivity contribution in [1.29, 1.82) is 0 Å². The highest BCUT2D eigenvalue weighted by molar-refractivity contribution is 7.20. The van der Waals surface area contributed by atoms with Crippen LogP contribution in [-0.2, 0) is 0 Å². The molecule has 0 aliphatic carbocycles. The first-order valence-corrected chi connectivity index (χ1v) is 10.6. The van der Waals surface area contributed by atoms with Gasteiger partial charge in [-0.2, -0.15) is 0 Å². The monoisotopic (exact) mass is 456 g/mol. The van der Waals surface area contributed by atoms with Crippen molar-refractivity contribution in [2.24, 2.45) is 0 Å². The summed E-state index contributed by atoms with van der Waals surface area (Å²) in [5.41, 5.74) is 3.29. The highest BCUT2D eigenvalue weighted by Gasteiger charge is 2.14.